The van der Waals surface area contributed by atoms with Crippen LogP contribution in [0.25, 0.3) is 0 Å². The van der Waals surface area contributed by atoms with E-state index in [-0.39, 0.29) is 31.2 Å². The number of amides is 1. The predicted octanol–water partition coefficient (Wildman–Crippen LogP) is 7.19. The molecule has 1 amide bonds. The third kappa shape index (κ3) is 10.0. The van der Waals surface area contributed by atoms with Crippen molar-refractivity contribution in [1.82, 2.24) is 10.6 Å². The van der Waals surface area contributed by atoms with Crippen LogP contribution in [0.4, 0.5) is 4.79 Å². The Hall–Kier alpha value is -6.16. The molecule has 0 aliphatic rings. The van der Waals surface area contributed by atoms with Crippen molar-refractivity contribution < 1.29 is 45.0 Å². The number of hydrogen-bond donors (Lipinski definition) is 4. The molecule has 0 fully saturated rings. The highest BCUT2D eigenvalue weighted by Crippen LogP contribution is 2.45. The van der Waals surface area contributed by atoms with Crippen LogP contribution in [0.3, 0.4) is 0 Å². The molecule has 58 heavy (non-hydrogen) atoms. The van der Waals surface area contributed by atoms with Crippen molar-refractivity contribution in [2.75, 3.05) is 13.1 Å². The minimum atomic E-state index is -4.76. The summed E-state index contributed by atoms with van der Waals surface area (Å²) in [7, 11) is -9.43. The molecule has 0 aromatic heterocycles. The zero-order valence-electron chi connectivity index (χ0n) is 31.0. The summed E-state index contributed by atoms with van der Waals surface area (Å²) in [4.78, 5) is 24.1. The highest BCUT2D eigenvalue weighted by atomic mass is 32.2. The quantitative estimate of drug-likeness (QED) is 0.0255. The van der Waals surface area contributed by atoms with Gasteiger partial charge in [0, 0.05) is 18.7 Å². The van der Waals surface area contributed by atoms with Gasteiger partial charge in [0.15, 0.2) is 0 Å². The van der Waals surface area contributed by atoms with Crippen LogP contribution in [0.2, 0.25) is 0 Å². The van der Waals surface area contributed by atoms with Crippen molar-refractivity contribution in [2.24, 2.45) is 0 Å². The summed E-state index contributed by atoms with van der Waals surface area (Å²) in [5.74, 6) is -0.0168. The Bertz CT molecular complexity index is 2460. The highest BCUT2D eigenvalue weighted by Gasteiger charge is 2.38. The topological polar surface area (TPSA) is 185 Å². The van der Waals surface area contributed by atoms with Gasteiger partial charge < -0.3 is 20.1 Å². The van der Waals surface area contributed by atoms with Crippen LogP contribution < -0.4 is 15.4 Å². The molecule has 0 aliphatic heterocycles. The van der Waals surface area contributed by atoms with Gasteiger partial charge in [0.2, 0.25) is 0 Å². The van der Waals surface area contributed by atoms with Crippen LogP contribution in [-0.4, -0.2) is 51.1 Å². The number of benzene rings is 6. The van der Waals surface area contributed by atoms with Crippen molar-refractivity contribution in [3.05, 3.63) is 197 Å². The maximum Gasteiger partial charge on any atom is 0.514 e. The number of nitrogens with one attached hydrogen (secondary N) is 2. The van der Waals surface area contributed by atoms with Crippen molar-refractivity contribution in [1.29, 1.82) is 0 Å². The summed E-state index contributed by atoms with van der Waals surface area (Å²) >= 11 is 0. The number of hydrogen-bond acceptors (Lipinski definition) is 9. The lowest BCUT2D eigenvalue weighted by molar-refractivity contribution is 0.0921. The Kier molecular flexibility index (Phi) is 13.2. The lowest BCUT2D eigenvalue weighted by Gasteiger charge is -2.36. The van der Waals surface area contributed by atoms with Gasteiger partial charge >= 0.3 is 6.16 Å². The van der Waals surface area contributed by atoms with E-state index >= 15 is 0 Å². The molecule has 0 radical (unpaired) electrons. The van der Waals surface area contributed by atoms with Crippen LogP contribution in [0.1, 0.15) is 50.2 Å². The average molecular weight is 821 g/mol. The first-order valence-corrected chi connectivity index (χ1v) is 21.0. The molecule has 0 unspecified atom stereocenters. The van der Waals surface area contributed by atoms with Gasteiger partial charge in [0.1, 0.15) is 12.4 Å². The normalized spacial score (nSPS) is 11.8. The molecule has 0 saturated heterocycles. The van der Waals surface area contributed by atoms with Crippen molar-refractivity contribution >= 4 is 32.3 Å². The monoisotopic (exact) mass is 820 g/mol. The van der Waals surface area contributed by atoms with Crippen molar-refractivity contribution in [3.8, 4) is 5.75 Å². The van der Waals surface area contributed by atoms with E-state index in [0.717, 1.165) is 28.3 Å². The van der Waals surface area contributed by atoms with E-state index in [0.29, 0.717) is 35.9 Å². The second-order valence-corrected chi connectivity index (χ2v) is 16.0. The lowest BCUT2D eigenvalue weighted by atomic mass is 9.65. The fraction of sp³-hybridized carbons (Fsp3) is 0.136. The molecule has 6 rings (SSSR count). The minimum Gasteiger partial charge on any atom is -0.429 e. The Morgan fingerprint density at radius 2 is 1.14 bits per heavy atom. The summed E-state index contributed by atoms with van der Waals surface area (Å²) in [6, 6.07) is 47.6. The molecule has 0 heterocycles. The van der Waals surface area contributed by atoms with Crippen LogP contribution >= 0.6 is 0 Å². The molecule has 0 spiro atoms. The van der Waals surface area contributed by atoms with Gasteiger partial charge in [-0.05, 0) is 82.7 Å². The van der Waals surface area contributed by atoms with Gasteiger partial charge in [-0.2, -0.15) is 16.8 Å². The van der Waals surface area contributed by atoms with E-state index in [9.17, 15) is 35.5 Å². The fourth-order valence-corrected chi connectivity index (χ4v) is 8.01. The van der Waals surface area contributed by atoms with E-state index < -0.39 is 41.6 Å². The predicted molar refractivity (Wildman–Crippen MR) is 217 cm³/mol. The largest absolute Gasteiger partial charge is 0.514 e. The zero-order valence-corrected chi connectivity index (χ0v) is 32.7. The Labute approximate surface area is 337 Å². The summed E-state index contributed by atoms with van der Waals surface area (Å²) in [5.41, 5.74) is 4.72. The molecule has 14 heteroatoms. The average Bonchev–Trinajstić information content (AvgIpc) is 3.23. The third-order valence-corrected chi connectivity index (χ3v) is 11.2. The lowest BCUT2D eigenvalue weighted by Crippen LogP contribution is -2.30. The van der Waals surface area contributed by atoms with Gasteiger partial charge in [-0.25, -0.2) is 4.79 Å². The van der Waals surface area contributed by atoms with E-state index in [2.05, 4.69) is 47.0 Å². The first-order chi connectivity index (χ1) is 27.9. The Morgan fingerprint density at radius 1 is 0.603 bits per heavy atom. The molecule has 0 bridgehead atoms. The maximum atomic E-state index is 12.7. The van der Waals surface area contributed by atoms with Gasteiger partial charge in [0.25, 0.3) is 26.1 Å². The molecule has 298 valence electrons. The van der Waals surface area contributed by atoms with Gasteiger partial charge in [-0.3, -0.25) is 13.9 Å². The number of ether oxygens (including phenoxy) is 2. The molecule has 0 atom stereocenters. The summed E-state index contributed by atoms with van der Waals surface area (Å²) < 4.78 is 75.8. The van der Waals surface area contributed by atoms with E-state index in [1.54, 1.807) is 36.4 Å². The van der Waals surface area contributed by atoms with E-state index in [1.165, 1.54) is 6.07 Å². The second-order valence-electron chi connectivity index (χ2n) is 13.2. The highest BCUT2D eigenvalue weighted by molar-refractivity contribution is 7.86. The van der Waals surface area contributed by atoms with Crippen LogP contribution in [0.15, 0.2) is 168 Å². The first-order valence-electron chi connectivity index (χ1n) is 18.1. The second kappa shape index (κ2) is 18.4. The third-order valence-electron chi connectivity index (χ3n) is 9.43. The molecule has 0 saturated carbocycles. The van der Waals surface area contributed by atoms with Gasteiger partial charge in [-0.15, -0.1) is 0 Å². The summed E-state index contributed by atoms with van der Waals surface area (Å²) in [6.07, 6.45) is -0.422. The van der Waals surface area contributed by atoms with Gasteiger partial charge in [-0.1, -0.05) is 121 Å². The maximum absolute atomic E-state index is 12.7. The van der Waals surface area contributed by atoms with Crippen LogP contribution in [0, 0.1) is 0 Å². The molecule has 0 aliphatic carbocycles. The number of carbonyl (C=O) groups excluding carboxylic acids is 2. The van der Waals surface area contributed by atoms with Crippen LogP contribution in [-0.2, 0) is 43.5 Å². The minimum absolute atomic E-state index is 0.0307. The molecule has 4 N–H and O–H groups in total. The van der Waals surface area contributed by atoms with Gasteiger partial charge in [0.05, 0.1) is 15.2 Å². The summed E-state index contributed by atoms with van der Waals surface area (Å²) in [6.45, 7) is 0.512. The molecule has 6 aromatic rings. The fourth-order valence-electron chi connectivity index (χ4n) is 6.68. The molecule has 12 nitrogen and oxygen atoms in total. The number of carbonyl (C=O) groups is 2. The first kappa shape index (κ1) is 41.5. The van der Waals surface area contributed by atoms with Crippen molar-refractivity contribution in [3.63, 3.8) is 0 Å². The molecular weight excluding hydrogens is 781 g/mol. The molecular formula is C44H40N2O10S2. The Balaban J connectivity index is 0.996. The zero-order chi connectivity index (χ0) is 41.2. The van der Waals surface area contributed by atoms with E-state index in [4.69, 9.17) is 9.47 Å². The summed E-state index contributed by atoms with van der Waals surface area (Å²) in [5, 5.41) is 5.75. The van der Waals surface area contributed by atoms with E-state index in [1.807, 2.05) is 66.7 Å². The molecule has 6 aromatic carbocycles. The van der Waals surface area contributed by atoms with Crippen molar-refractivity contribution in [2.45, 2.75) is 34.8 Å². The SMILES string of the molecule is O=C(OCc1ccc(C(=O)NCCCNCc2ccc(S(=O)(=O)O)cc2S(=O)(=O)O)cc1)Oc1ccc(C(c2ccccc2)(c2ccccc2)c2ccccc2)cc1. The standard InChI is InChI=1S/C44H40N2O10S2/c47-42(46-28-10-27-45-30-34-21-26-40(57(49,50)51)29-41(34)58(52,53)54)33-19-17-32(18-20-33)31-55-43(48)56-39-24-22-38(23-25-39)44(35-11-4-1-5-12-35,36-13-6-2-7-14-36)37-15-8-3-9-16-37/h1-9,11-26,29,45H,10,27-28,30-31H2,(H,46,47)(H,49,50,51)(H,52,53,54). The Morgan fingerprint density at radius 3 is 1.66 bits per heavy atom. The number of rotatable bonds is 16. The van der Waals surface area contributed by atoms with Crippen LogP contribution in [0.5, 0.6) is 5.75 Å². The smallest absolute Gasteiger partial charge is 0.429 e.